The van der Waals surface area contributed by atoms with Gasteiger partial charge in [0.2, 0.25) is 0 Å². The van der Waals surface area contributed by atoms with Crippen molar-refractivity contribution in [2.45, 2.75) is 6.92 Å². The molecule has 0 saturated heterocycles. The second-order valence-corrected chi connectivity index (χ2v) is 3.91. The molecule has 0 aliphatic heterocycles. The molecular formula is C8H7Br2NO2. The molecule has 70 valence electrons. The van der Waals surface area contributed by atoms with E-state index in [0.717, 1.165) is 0 Å². The Morgan fingerprint density at radius 2 is 2.00 bits per heavy atom. The molecule has 0 amide bonds. The Balaban J connectivity index is 3.05. The number of hydrogen-bond donors (Lipinski definition) is 0. The normalized spacial score (nSPS) is 9.77. The lowest BCUT2D eigenvalue weighted by molar-refractivity contribution is 0.0524. The van der Waals surface area contributed by atoms with E-state index >= 15 is 0 Å². The van der Waals surface area contributed by atoms with Gasteiger partial charge in [0.25, 0.3) is 0 Å². The average Bonchev–Trinajstić information content (AvgIpc) is 2.04. The predicted octanol–water partition coefficient (Wildman–Crippen LogP) is 2.78. The zero-order valence-electron chi connectivity index (χ0n) is 6.88. The molecule has 0 saturated carbocycles. The van der Waals surface area contributed by atoms with E-state index in [-0.39, 0.29) is 5.97 Å². The number of nitrogens with zero attached hydrogens (tertiary/aromatic N) is 1. The zero-order valence-corrected chi connectivity index (χ0v) is 10.1. The molecule has 5 heteroatoms. The minimum absolute atomic E-state index is 0.358. The monoisotopic (exact) mass is 307 g/mol. The van der Waals surface area contributed by atoms with Gasteiger partial charge in [-0.15, -0.1) is 0 Å². The van der Waals surface area contributed by atoms with Crippen LogP contribution in [-0.2, 0) is 4.74 Å². The van der Waals surface area contributed by atoms with Crippen LogP contribution in [0.4, 0.5) is 0 Å². The lowest BCUT2D eigenvalue weighted by Gasteiger charge is -2.04. The Morgan fingerprint density at radius 1 is 1.46 bits per heavy atom. The number of carbonyl (C=O) groups excluding carboxylic acids is 1. The molecule has 13 heavy (non-hydrogen) atoms. The van der Waals surface area contributed by atoms with Crippen molar-refractivity contribution in [1.82, 2.24) is 4.98 Å². The van der Waals surface area contributed by atoms with Crippen LogP contribution in [0.3, 0.4) is 0 Å². The van der Waals surface area contributed by atoms with E-state index in [1.807, 2.05) is 0 Å². The fourth-order valence-electron chi connectivity index (χ4n) is 0.810. The van der Waals surface area contributed by atoms with Crippen molar-refractivity contribution in [2.75, 3.05) is 6.61 Å². The topological polar surface area (TPSA) is 39.2 Å². The minimum Gasteiger partial charge on any atom is -0.462 e. The lowest BCUT2D eigenvalue weighted by atomic mass is 10.3. The van der Waals surface area contributed by atoms with Crippen LogP contribution < -0.4 is 0 Å². The Bertz CT molecular complexity index is 308. The Labute approximate surface area is 92.8 Å². The summed E-state index contributed by atoms with van der Waals surface area (Å²) in [6.45, 7) is 2.13. The first kappa shape index (κ1) is 10.7. The summed E-state index contributed by atoms with van der Waals surface area (Å²) in [6, 6.07) is 0. The molecular weight excluding hydrogens is 302 g/mol. The van der Waals surface area contributed by atoms with Crippen molar-refractivity contribution in [3.8, 4) is 0 Å². The number of pyridine rings is 1. The first-order valence-corrected chi connectivity index (χ1v) is 5.21. The van der Waals surface area contributed by atoms with Gasteiger partial charge in [0.05, 0.1) is 21.1 Å². The van der Waals surface area contributed by atoms with E-state index in [0.29, 0.717) is 21.1 Å². The van der Waals surface area contributed by atoms with Gasteiger partial charge in [-0.2, -0.15) is 0 Å². The van der Waals surface area contributed by atoms with Crippen molar-refractivity contribution >= 4 is 37.8 Å². The predicted molar refractivity (Wildman–Crippen MR) is 55.6 cm³/mol. The third kappa shape index (κ3) is 2.51. The molecule has 0 atom stereocenters. The average molecular weight is 309 g/mol. The SMILES string of the molecule is CCOC(=O)c1c(Br)cncc1Br. The van der Waals surface area contributed by atoms with E-state index in [1.165, 1.54) is 0 Å². The maximum Gasteiger partial charge on any atom is 0.340 e. The second-order valence-electron chi connectivity index (χ2n) is 2.20. The van der Waals surface area contributed by atoms with Crippen LogP contribution in [0.5, 0.6) is 0 Å². The van der Waals surface area contributed by atoms with Crippen LogP contribution in [0, 0.1) is 0 Å². The van der Waals surface area contributed by atoms with Gasteiger partial charge < -0.3 is 4.74 Å². The number of aromatic nitrogens is 1. The molecule has 0 aromatic carbocycles. The Morgan fingerprint density at radius 3 is 2.46 bits per heavy atom. The van der Waals surface area contributed by atoms with Crippen LogP contribution in [0.15, 0.2) is 21.3 Å². The molecule has 0 radical (unpaired) electrons. The molecule has 0 fully saturated rings. The molecule has 1 rings (SSSR count). The van der Waals surface area contributed by atoms with E-state index < -0.39 is 0 Å². The van der Waals surface area contributed by atoms with Crippen LogP contribution in [0.25, 0.3) is 0 Å². The summed E-state index contributed by atoms with van der Waals surface area (Å²) in [5.41, 5.74) is 0.469. The molecule has 3 nitrogen and oxygen atoms in total. The highest BCUT2D eigenvalue weighted by molar-refractivity contribution is 9.11. The number of halogens is 2. The van der Waals surface area contributed by atoms with Crippen LogP contribution >= 0.6 is 31.9 Å². The summed E-state index contributed by atoms with van der Waals surface area (Å²) in [5, 5.41) is 0. The molecule has 1 aromatic rings. The summed E-state index contributed by atoms with van der Waals surface area (Å²) in [4.78, 5) is 15.3. The molecule has 1 aromatic heterocycles. The second kappa shape index (κ2) is 4.72. The van der Waals surface area contributed by atoms with Crippen molar-refractivity contribution < 1.29 is 9.53 Å². The van der Waals surface area contributed by atoms with Gasteiger partial charge in [0.1, 0.15) is 0 Å². The van der Waals surface area contributed by atoms with Gasteiger partial charge in [-0.05, 0) is 38.8 Å². The smallest absolute Gasteiger partial charge is 0.340 e. The highest BCUT2D eigenvalue weighted by Gasteiger charge is 2.14. The highest BCUT2D eigenvalue weighted by Crippen LogP contribution is 2.24. The third-order valence-electron chi connectivity index (χ3n) is 1.33. The quantitative estimate of drug-likeness (QED) is 0.789. The molecule has 0 bridgehead atoms. The highest BCUT2D eigenvalue weighted by atomic mass is 79.9. The van der Waals surface area contributed by atoms with Crippen molar-refractivity contribution in [3.63, 3.8) is 0 Å². The summed E-state index contributed by atoms with van der Waals surface area (Å²) in [5.74, 6) is -0.358. The molecule has 0 aliphatic rings. The first-order valence-electron chi connectivity index (χ1n) is 3.63. The van der Waals surface area contributed by atoms with Gasteiger partial charge in [0.15, 0.2) is 0 Å². The maximum absolute atomic E-state index is 11.4. The molecule has 0 aliphatic carbocycles. The third-order valence-corrected chi connectivity index (χ3v) is 2.54. The largest absolute Gasteiger partial charge is 0.462 e. The van der Waals surface area contributed by atoms with Crippen LogP contribution in [-0.4, -0.2) is 17.6 Å². The standard InChI is InChI=1S/C8H7Br2NO2/c1-2-13-8(12)7-5(9)3-11-4-6(7)10/h3-4H,2H2,1H3. The van der Waals surface area contributed by atoms with Gasteiger partial charge in [-0.3, -0.25) is 4.98 Å². The van der Waals surface area contributed by atoms with Crippen LogP contribution in [0.1, 0.15) is 17.3 Å². The molecule has 0 N–H and O–H groups in total. The summed E-state index contributed by atoms with van der Waals surface area (Å²) < 4.78 is 6.11. The van der Waals surface area contributed by atoms with Gasteiger partial charge in [-0.1, -0.05) is 0 Å². The van der Waals surface area contributed by atoms with Gasteiger partial charge in [0, 0.05) is 12.4 Å². The zero-order chi connectivity index (χ0) is 9.84. The van der Waals surface area contributed by atoms with Crippen molar-refractivity contribution in [1.29, 1.82) is 0 Å². The molecule has 0 spiro atoms. The minimum atomic E-state index is -0.358. The number of esters is 1. The van der Waals surface area contributed by atoms with Gasteiger partial charge in [-0.25, -0.2) is 4.79 Å². The number of rotatable bonds is 2. The van der Waals surface area contributed by atoms with Crippen LogP contribution in [0.2, 0.25) is 0 Å². The fourth-order valence-corrected chi connectivity index (χ4v) is 2.06. The van der Waals surface area contributed by atoms with E-state index in [2.05, 4.69) is 36.8 Å². The number of ether oxygens (including phenoxy) is 1. The van der Waals surface area contributed by atoms with Crippen molar-refractivity contribution in [3.05, 3.63) is 26.9 Å². The summed E-state index contributed by atoms with van der Waals surface area (Å²) in [7, 11) is 0. The fraction of sp³-hybridized carbons (Fsp3) is 0.250. The lowest BCUT2D eigenvalue weighted by Crippen LogP contribution is -2.06. The summed E-state index contributed by atoms with van der Waals surface area (Å²) >= 11 is 6.45. The first-order chi connectivity index (χ1) is 6.16. The summed E-state index contributed by atoms with van der Waals surface area (Å²) in [6.07, 6.45) is 3.11. The number of carbonyl (C=O) groups is 1. The van der Waals surface area contributed by atoms with Gasteiger partial charge >= 0.3 is 5.97 Å². The maximum atomic E-state index is 11.4. The van der Waals surface area contributed by atoms with E-state index in [9.17, 15) is 4.79 Å². The molecule has 0 unspecified atom stereocenters. The van der Waals surface area contributed by atoms with E-state index in [4.69, 9.17) is 4.74 Å². The van der Waals surface area contributed by atoms with Crippen molar-refractivity contribution in [2.24, 2.45) is 0 Å². The number of hydrogen-bond acceptors (Lipinski definition) is 3. The Kier molecular flexibility index (Phi) is 3.87. The molecule has 1 heterocycles. The Hall–Kier alpha value is -0.420. The van der Waals surface area contributed by atoms with E-state index in [1.54, 1.807) is 19.3 Å².